The smallest absolute Gasteiger partial charge is 0.126 e. The van der Waals surface area contributed by atoms with Crippen molar-refractivity contribution in [2.75, 3.05) is 5.75 Å². The molecule has 0 amide bonds. The summed E-state index contributed by atoms with van der Waals surface area (Å²) in [5.74, 6) is 0.775. The molecule has 0 aliphatic rings. The molecule has 1 N–H and O–H groups in total. The van der Waals surface area contributed by atoms with Crippen LogP contribution >= 0.6 is 11.8 Å². The van der Waals surface area contributed by atoms with Gasteiger partial charge in [-0.3, -0.25) is 0 Å². The molecule has 0 aromatic heterocycles. The highest BCUT2D eigenvalue weighted by molar-refractivity contribution is 7.99. The first kappa shape index (κ1) is 13.5. The number of unbranched alkanes of at least 4 members (excludes halogenated alkanes) is 1. The van der Waals surface area contributed by atoms with Gasteiger partial charge in [-0.15, -0.1) is 11.8 Å². The largest absolute Gasteiger partial charge is 0.389 e. The Morgan fingerprint density at radius 2 is 2.12 bits per heavy atom. The molecular formula is C13H19FOS. The van der Waals surface area contributed by atoms with Crippen LogP contribution in [0.4, 0.5) is 4.39 Å². The first-order valence-corrected chi connectivity index (χ1v) is 6.65. The van der Waals surface area contributed by atoms with E-state index in [1.165, 1.54) is 6.07 Å². The molecule has 0 heterocycles. The molecule has 0 saturated heterocycles. The van der Waals surface area contributed by atoms with E-state index in [4.69, 9.17) is 0 Å². The topological polar surface area (TPSA) is 20.2 Å². The molecule has 1 unspecified atom stereocenters. The molecule has 1 rings (SSSR count). The van der Waals surface area contributed by atoms with Crippen LogP contribution in [-0.4, -0.2) is 10.9 Å². The Morgan fingerprint density at radius 3 is 2.69 bits per heavy atom. The number of aliphatic hydroxyl groups is 1. The highest BCUT2D eigenvalue weighted by Crippen LogP contribution is 2.30. The second-order valence-electron chi connectivity index (χ2n) is 4.02. The van der Waals surface area contributed by atoms with Crippen LogP contribution in [0.5, 0.6) is 0 Å². The van der Waals surface area contributed by atoms with Gasteiger partial charge in [-0.2, -0.15) is 0 Å². The Balaban J connectivity index is 2.91. The lowest BCUT2D eigenvalue weighted by Gasteiger charge is -2.13. The minimum absolute atomic E-state index is 0.240. The lowest BCUT2D eigenvalue weighted by atomic mass is 10.1. The quantitative estimate of drug-likeness (QED) is 0.620. The molecule has 16 heavy (non-hydrogen) atoms. The predicted octanol–water partition coefficient (Wildman–Crippen LogP) is 4.08. The van der Waals surface area contributed by atoms with Crippen LogP contribution in [0.25, 0.3) is 0 Å². The predicted molar refractivity (Wildman–Crippen MR) is 67.4 cm³/mol. The third kappa shape index (κ3) is 3.49. The van der Waals surface area contributed by atoms with Crippen molar-refractivity contribution in [1.82, 2.24) is 0 Å². The van der Waals surface area contributed by atoms with Crippen molar-refractivity contribution >= 4 is 11.8 Å². The first-order chi connectivity index (χ1) is 7.56. The zero-order chi connectivity index (χ0) is 12.1. The molecule has 0 radical (unpaired) electrons. The van der Waals surface area contributed by atoms with Crippen molar-refractivity contribution in [3.8, 4) is 0 Å². The fourth-order valence-corrected chi connectivity index (χ4v) is 2.76. The van der Waals surface area contributed by atoms with Crippen molar-refractivity contribution in [1.29, 1.82) is 0 Å². The zero-order valence-electron chi connectivity index (χ0n) is 10.1. The summed E-state index contributed by atoms with van der Waals surface area (Å²) >= 11 is 1.70. The highest BCUT2D eigenvalue weighted by Gasteiger charge is 2.11. The van der Waals surface area contributed by atoms with E-state index < -0.39 is 6.10 Å². The van der Waals surface area contributed by atoms with E-state index in [0.717, 1.165) is 23.5 Å². The van der Waals surface area contributed by atoms with E-state index in [0.29, 0.717) is 11.1 Å². The summed E-state index contributed by atoms with van der Waals surface area (Å²) in [4.78, 5) is 1.00. The average Bonchev–Trinajstić information content (AvgIpc) is 2.23. The molecule has 90 valence electrons. The van der Waals surface area contributed by atoms with Gasteiger partial charge in [-0.05, 0) is 49.3 Å². The van der Waals surface area contributed by atoms with Crippen molar-refractivity contribution in [2.45, 2.75) is 44.6 Å². The van der Waals surface area contributed by atoms with Crippen LogP contribution in [0, 0.1) is 12.7 Å². The number of rotatable bonds is 5. The third-order valence-corrected chi connectivity index (χ3v) is 3.65. The molecule has 1 aromatic carbocycles. The molecule has 0 spiro atoms. The molecule has 1 aromatic rings. The summed E-state index contributed by atoms with van der Waals surface area (Å²) in [5, 5.41) is 9.60. The van der Waals surface area contributed by atoms with Crippen molar-refractivity contribution in [3.05, 3.63) is 29.1 Å². The summed E-state index contributed by atoms with van der Waals surface area (Å²) in [6, 6.07) is 3.28. The van der Waals surface area contributed by atoms with Crippen LogP contribution in [0.15, 0.2) is 17.0 Å². The van der Waals surface area contributed by atoms with Gasteiger partial charge in [0.1, 0.15) is 5.82 Å². The molecule has 0 fully saturated rings. The normalized spacial score (nSPS) is 12.8. The maximum absolute atomic E-state index is 13.4. The van der Waals surface area contributed by atoms with Gasteiger partial charge in [0, 0.05) is 4.90 Å². The lowest BCUT2D eigenvalue weighted by Crippen LogP contribution is -1.98. The Hall–Kier alpha value is -0.540. The first-order valence-electron chi connectivity index (χ1n) is 5.67. The summed E-state index contributed by atoms with van der Waals surface area (Å²) in [7, 11) is 0. The van der Waals surface area contributed by atoms with E-state index in [1.807, 2.05) is 6.07 Å². The van der Waals surface area contributed by atoms with E-state index in [9.17, 15) is 9.50 Å². The average molecular weight is 242 g/mol. The SMILES string of the molecule is CCCCSc1cc(C)c(F)cc1C(C)O. The van der Waals surface area contributed by atoms with Gasteiger partial charge in [-0.25, -0.2) is 4.39 Å². The lowest BCUT2D eigenvalue weighted by molar-refractivity contribution is 0.196. The van der Waals surface area contributed by atoms with E-state index in [1.54, 1.807) is 25.6 Å². The summed E-state index contributed by atoms with van der Waals surface area (Å²) in [6.45, 7) is 5.57. The molecule has 0 aliphatic heterocycles. The summed E-state index contributed by atoms with van der Waals surface area (Å²) in [5.41, 5.74) is 1.34. The van der Waals surface area contributed by atoms with Crippen molar-refractivity contribution < 1.29 is 9.50 Å². The number of hydrogen-bond donors (Lipinski definition) is 1. The standard InChI is InChI=1S/C13H19FOS/c1-4-5-6-16-13-7-9(2)12(14)8-11(13)10(3)15/h7-8,10,15H,4-6H2,1-3H3. The summed E-state index contributed by atoms with van der Waals surface area (Å²) < 4.78 is 13.4. The van der Waals surface area contributed by atoms with Gasteiger partial charge in [0.2, 0.25) is 0 Å². The summed E-state index contributed by atoms with van der Waals surface area (Å²) in [6.07, 6.45) is 1.68. The number of aliphatic hydroxyl groups excluding tert-OH is 1. The van der Waals surface area contributed by atoms with E-state index >= 15 is 0 Å². The Bertz CT molecular complexity index is 350. The van der Waals surface area contributed by atoms with Gasteiger partial charge in [-0.1, -0.05) is 13.3 Å². The van der Waals surface area contributed by atoms with E-state index in [2.05, 4.69) is 6.92 Å². The molecule has 0 bridgehead atoms. The molecule has 1 nitrogen and oxygen atoms in total. The number of aryl methyl sites for hydroxylation is 1. The second-order valence-corrected chi connectivity index (χ2v) is 5.15. The Morgan fingerprint density at radius 1 is 1.44 bits per heavy atom. The maximum Gasteiger partial charge on any atom is 0.126 e. The monoisotopic (exact) mass is 242 g/mol. The number of halogens is 1. The van der Waals surface area contributed by atoms with Crippen LogP contribution in [0.3, 0.4) is 0 Å². The minimum Gasteiger partial charge on any atom is -0.389 e. The minimum atomic E-state index is -0.612. The van der Waals surface area contributed by atoms with Crippen molar-refractivity contribution in [3.63, 3.8) is 0 Å². The maximum atomic E-state index is 13.4. The number of benzene rings is 1. The highest BCUT2D eigenvalue weighted by atomic mass is 32.2. The van der Waals surface area contributed by atoms with Gasteiger partial charge >= 0.3 is 0 Å². The Kier molecular flexibility index (Phi) is 5.29. The number of hydrogen-bond acceptors (Lipinski definition) is 2. The van der Waals surface area contributed by atoms with Crippen molar-refractivity contribution in [2.24, 2.45) is 0 Å². The van der Waals surface area contributed by atoms with Gasteiger partial charge in [0.05, 0.1) is 6.10 Å². The number of thioether (sulfide) groups is 1. The second kappa shape index (κ2) is 6.26. The van der Waals surface area contributed by atoms with E-state index in [-0.39, 0.29) is 5.82 Å². The molecule has 3 heteroatoms. The Labute approximate surface area is 101 Å². The van der Waals surface area contributed by atoms with Crippen LogP contribution in [0.1, 0.15) is 43.9 Å². The molecule has 1 atom stereocenters. The fourth-order valence-electron chi connectivity index (χ4n) is 1.45. The zero-order valence-corrected chi connectivity index (χ0v) is 10.9. The molecule has 0 aliphatic carbocycles. The van der Waals surface area contributed by atoms with Crippen LogP contribution in [-0.2, 0) is 0 Å². The third-order valence-electron chi connectivity index (χ3n) is 2.50. The fraction of sp³-hybridized carbons (Fsp3) is 0.538. The van der Waals surface area contributed by atoms with Crippen LogP contribution < -0.4 is 0 Å². The van der Waals surface area contributed by atoms with Gasteiger partial charge < -0.3 is 5.11 Å². The van der Waals surface area contributed by atoms with Crippen LogP contribution in [0.2, 0.25) is 0 Å². The van der Waals surface area contributed by atoms with Gasteiger partial charge in [0.15, 0.2) is 0 Å². The molecule has 0 saturated carbocycles. The van der Waals surface area contributed by atoms with Gasteiger partial charge in [0.25, 0.3) is 0 Å². The molecular weight excluding hydrogens is 223 g/mol.